The van der Waals surface area contributed by atoms with Gasteiger partial charge < -0.3 is 0 Å². The largest absolute Gasteiger partial charge is 0.295 e. The number of nitrogens with one attached hydrogen (secondary N) is 2. The summed E-state index contributed by atoms with van der Waals surface area (Å²) in [7, 11) is 0. The van der Waals surface area contributed by atoms with E-state index in [-0.39, 0.29) is 29.6 Å². The number of H-pyrrole nitrogens is 1. The number of aryl methyl sites for hydroxylation is 1. The molecule has 0 unspecified atom stereocenters. The van der Waals surface area contributed by atoms with Crippen LogP contribution in [-0.4, -0.2) is 25.5 Å². The maximum Gasteiger partial charge on any atom is 0.277 e. The molecule has 0 aliphatic rings. The van der Waals surface area contributed by atoms with Crippen molar-refractivity contribution in [2.75, 3.05) is 5.32 Å². The van der Waals surface area contributed by atoms with Gasteiger partial charge in [0.1, 0.15) is 0 Å². The van der Waals surface area contributed by atoms with Gasteiger partial charge in [-0.3, -0.25) is 20.0 Å². The molecule has 118 valence electrons. The molecule has 0 saturated heterocycles. The number of fused-ring (bicyclic) bond motifs is 1. The van der Waals surface area contributed by atoms with E-state index in [1.165, 1.54) is 4.52 Å². The highest BCUT2D eigenvalue weighted by atomic mass is 35.5. The van der Waals surface area contributed by atoms with Crippen molar-refractivity contribution < 1.29 is 4.79 Å². The minimum absolute atomic E-state index is 0.175. The molecule has 2 aromatic heterocycles. The number of rotatable bonds is 3. The zero-order chi connectivity index (χ0) is 16.6. The van der Waals surface area contributed by atoms with Crippen LogP contribution in [0, 0.1) is 13.8 Å². The molecule has 0 saturated carbocycles. The van der Waals surface area contributed by atoms with Crippen molar-refractivity contribution in [2.24, 2.45) is 0 Å². The van der Waals surface area contributed by atoms with E-state index < -0.39 is 0 Å². The molecule has 0 atom stereocenters. The number of aromatic nitrogens is 4. The third kappa shape index (κ3) is 3.09. The van der Waals surface area contributed by atoms with Crippen molar-refractivity contribution in [1.29, 1.82) is 0 Å². The van der Waals surface area contributed by atoms with Crippen LogP contribution < -0.4 is 10.9 Å². The topological polar surface area (TPSA) is 92.2 Å². The first-order valence-electron chi connectivity index (χ1n) is 6.94. The van der Waals surface area contributed by atoms with E-state index in [0.717, 1.165) is 5.56 Å². The van der Waals surface area contributed by atoms with Crippen LogP contribution in [0.2, 0.25) is 5.02 Å². The smallest absolute Gasteiger partial charge is 0.277 e. The molecule has 0 aliphatic heterocycles. The lowest BCUT2D eigenvalue weighted by molar-refractivity contribution is -0.115. The molecule has 0 fully saturated rings. The molecule has 0 radical (unpaired) electrons. The van der Waals surface area contributed by atoms with Gasteiger partial charge in [0, 0.05) is 16.3 Å². The van der Waals surface area contributed by atoms with E-state index >= 15 is 0 Å². The first kappa shape index (κ1) is 15.2. The molecule has 8 heteroatoms. The summed E-state index contributed by atoms with van der Waals surface area (Å²) in [5.41, 5.74) is 1.73. The first-order valence-corrected chi connectivity index (χ1v) is 7.32. The Morgan fingerprint density at radius 2 is 1.96 bits per heavy atom. The molecule has 2 heterocycles. The average Bonchev–Trinajstić information content (AvgIpc) is 2.89. The molecule has 2 N–H and O–H groups in total. The van der Waals surface area contributed by atoms with Gasteiger partial charge in [-0.1, -0.05) is 23.7 Å². The second-order valence-electron chi connectivity index (χ2n) is 5.19. The van der Waals surface area contributed by atoms with Gasteiger partial charge in [0.25, 0.3) is 11.3 Å². The molecular formula is C15H14ClN5O2. The van der Waals surface area contributed by atoms with E-state index in [9.17, 15) is 9.59 Å². The van der Waals surface area contributed by atoms with E-state index in [4.69, 9.17) is 11.6 Å². The summed E-state index contributed by atoms with van der Waals surface area (Å²) in [5.74, 6) is 0.145. The van der Waals surface area contributed by atoms with Crippen molar-refractivity contribution in [3.05, 3.63) is 56.5 Å². The molecule has 23 heavy (non-hydrogen) atoms. The number of anilines is 1. The SMILES string of the molecule is Cc1nc2nc(NC(=O)Cc3ccc(Cl)cc3)[nH]n2c(=O)c1C. The van der Waals surface area contributed by atoms with Crippen LogP contribution in [0.25, 0.3) is 5.78 Å². The first-order chi connectivity index (χ1) is 10.9. The number of carbonyl (C=O) groups is 1. The fraction of sp³-hybridized carbons (Fsp3) is 0.200. The summed E-state index contributed by atoms with van der Waals surface area (Å²) >= 11 is 5.81. The van der Waals surface area contributed by atoms with Gasteiger partial charge in [0.15, 0.2) is 0 Å². The summed E-state index contributed by atoms with van der Waals surface area (Å²) in [6, 6.07) is 7.00. The van der Waals surface area contributed by atoms with Gasteiger partial charge in [0.2, 0.25) is 11.9 Å². The molecule has 0 aliphatic carbocycles. The van der Waals surface area contributed by atoms with Crippen LogP contribution in [0.3, 0.4) is 0 Å². The predicted octanol–water partition coefficient (Wildman–Crippen LogP) is 1.87. The number of benzene rings is 1. The molecule has 7 nitrogen and oxygen atoms in total. The summed E-state index contributed by atoms with van der Waals surface area (Å²) in [6.07, 6.45) is 0.175. The zero-order valence-electron chi connectivity index (χ0n) is 12.6. The quantitative estimate of drug-likeness (QED) is 0.766. The second-order valence-corrected chi connectivity index (χ2v) is 5.62. The van der Waals surface area contributed by atoms with Crippen molar-refractivity contribution in [2.45, 2.75) is 20.3 Å². The summed E-state index contributed by atoms with van der Waals surface area (Å²) < 4.78 is 1.21. The minimum Gasteiger partial charge on any atom is -0.295 e. The van der Waals surface area contributed by atoms with E-state index in [1.54, 1.807) is 38.1 Å². The lowest BCUT2D eigenvalue weighted by Gasteiger charge is -2.01. The maximum atomic E-state index is 12.1. The van der Waals surface area contributed by atoms with Gasteiger partial charge >= 0.3 is 0 Å². The second kappa shape index (κ2) is 5.85. The Kier molecular flexibility index (Phi) is 3.87. The Labute approximate surface area is 136 Å². The lowest BCUT2D eigenvalue weighted by atomic mass is 10.1. The fourth-order valence-corrected chi connectivity index (χ4v) is 2.25. The number of aromatic amines is 1. The Balaban J connectivity index is 1.81. The van der Waals surface area contributed by atoms with Crippen molar-refractivity contribution >= 4 is 29.2 Å². The van der Waals surface area contributed by atoms with Crippen LogP contribution >= 0.6 is 11.6 Å². The summed E-state index contributed by atoms with van der Waals surface area (Å²) in [5, 5.41) is 5.97. The molecular weight excluding hydrogens is 318 g/mol. The third-order valence-electron chi connectivity index (χ3n) is 3.50. The number of nitrogens with zero attached hydrogens (tertiary/aromatic N) is 3. The standard InChI is InChI=1S/C15H14ClN5O2/c1-8-9(2)17-15-19-14(20-21(15)13(8)23)18-12(22)7-10-3-5-11(16)6-4-10/h3-6H,7H2,1-2H3,(H2,17,18,19,20,22). The highest BCUT2D eigenvalue weighted by Gasteiger charge is 2.12. The predicted molar refractivity (Wildman–Crippen MR) is 86.9 cm³/mol. The molecule has 3 aromatic rings. The van der Waals surface area contributed by atoms with Crippen molar-refractivity contribution in [3.8, 4) is 0 Å². The number of hydrogen-bond donors (Lipinski definition) is 2. The van der Waals surface area contributed by atoms with Crippen LogP contribution in [0.15, 0.2) is 29.1 Å². The fourth-order valence-electron chi connectivity index (χ4n) is 2.12. The molecule has 3 rings (SSSR count). The van der Waals surface area contributed by atoms with Crippen LogP contribution in [0.1, 0.15) is 16.8 Å². The molecule has 0 spiro atoms. The van der Waals surface area contributed by atoms with E-state index in [1.807, 2.05) is 0 Å². The monoisotopic (exact) mass is 331 g/mol. The average molecular weight is 332 g/mol. The third-order valence-corrected chi connectivity index (χ3v) is 3.75. The molecule has 1 aromatic carbocycles. The maximum absolute atomic E-state index is 12.1. The highest BCUT2D eigenvalue weighted by Crippen LogP contribution is 2.11. The number of carbonyl (C=O) groups excluding carboxylic acids is 1. The number of amides is 1. The normalized spacial score (nSPS) is 10.9. The van der Waals surface area contributed by atoms with Gasteiger partial charge in [-0.25, -0.2) is 4.98 Å². The Hall–Kier alpha value is -2.67. The number of halogens is 1. The van der Waals surface area contributed by atoms with Crippen LogP contribution in [0.4, 0.5) is 5.95 Å². The van der Waals surface area contributed by atoms with Crippen LogP contribution in [-0.2, 0) is 11.2 Å². The Bertz CT molecular complexity index is 943. The Morgan fingerprint density at radius 1 is 1.26 bits per heavy atom. The van der Waals surface area contributed by atoms with Crippen molar-refractivity contribution in [3.63, 3.8) is 0 Å². The highest BCUT2D eigenvalue weighted by molar-refractivity contribution is 6.30. The van der Waals surface area contributed by atoms with E-state index in [2.05, 4.69) is 20.4 Å². The molecule has 1 amide bonds. The van der Waals surface area contributed by atoms with Crippen molar-refractivity contribution in [1.82, 2.24) is 19.6 Å². The van der Waals surface area contributed by atoms with Crippen LogP contribution in [0.5, 0.6) is 0 Å². The van der Waals surface area contributed by atoms with Gasteiger partial charge in [-0.05, 0) is 31.5 Å². The van der Waals surface area contributed by atoms with Gasteiger partial charge in [0.05, 0.1) is 6.42 Å². The number of hydrogen-bond acceptors (Lipinski definition) is 4. The van der Waals surface area contributed by atoms with Gasteiger partial charge in [-0.2, -0.15) is 9.50 Å². The van der Waals surface area contributed by atoms with E-state index in [0.29, 0.717) is 16.3 Å². The molecule has 0 bridgehead atoms. The van der Waals surface area contributed by atoms with Gasteiger partial charge in [-0.15, -0.1) is 0 Å². The summed E-state index contributed by atoms with van der Waals surface area (Å²) in [6.45, 7) is 3.43. The zero-order valence-corrected chi connectivity index (χ0v) is 13.3. The minimum atomic E-state index is -0.257. The Morgan fingerprint density at radius 3 is 2.65 bits per heavy atom. The summed E-state index contributed by atoms with van der Waals surface area (Å²) in [4.78, 5) is 32.5. The lowest BCUT2D eigenvalue weighted by Crippen LogP contribution is -2.20.